The number of carbonyl (C=O) groups excluding carboxylic acids is 2. The zero-order valence-electron chi connectivity index (χ0n) is 17.1. The van der Waals surface area contributed by atoms with Crippen LogP contribution in [0.5, 0.6) is 11.5 Å². The van der Waals surface area contributed by atoms with Gasteiger partial charge in [0.25, 0.3) is 23.3 Å². The van der Waals surface area contributed by atoms with Crippen molar-refractivity contribution in [1.82, 2.24) is 9.80 Å². The van der Waals surface area contributed by atoms with Crippen LogP contribution >= 0.6 is 0 Å². The Morgan fingerprint density at radius 3 is 1.33 bits per heavy atom. The van der Waals surface area contributed by atoms with E-state index in [9.17, 15) is 9.59 Å². The fourth-order valence-electron chi connectivity index (χ4n) is 4.34. The third-order valence-corrected chi connectivity index (χ3v) is 6.25. The molecule has 2 amide bonds. The number of methoxy groups -OCH3 is 2. The molecule has 2 aromatic carbocycles. The van der Waals surface area contributed by atoms with Gasteiger partial charge in [-0.2, -0.15) is 0 Å². The highest BCUT2D eigenvalue weighted by Crippen LogP contribution is 2.62. The Morgan fingerprint density at radius 2 is 1.03 bits per heavy atom. The molecule has 2 spiro atoms. The van der Waals surface area contributed by atoms with Gasteiger partial charge in [-0.15, -0.1) is 0 Å². The van der Waals surface area contributed by atoms with Gasteiger partial charge in [0.15, 0.2) is 0 Å². The van der Waals surface area contributed by atoms with E-state index < -0.39 is 23.7 Å². The van der Waals surface area contributed by atoms with Crippen LogP contribution in [-0.2, 0) is 19.1 Å². The fourth-order valence-corrected chi connectivity index (χ4v) is 4.34. The molecule has 0 aliphatic carbocycles. The fraction of sp³-hybridized carbons (Fsp3) is 0.364. The second-order valence-corrected chi connectivity index (χ2v) is 7.66. The van der Waals surface area contributed by atoms with Crippen molar-refractivity contribution < 1.29 is 28.5 Å². The molecule has 3 fully saturated rings. The van der Waals surface area contributed by atoms with Crippen molar-refractivity contribution >= 4 is 11.8 Å². The first kappa shape index (κ1) is 18.9. The monoisotopic (exact) mass is 410 g/mol. The molecule has 0 bridgehead atoms. The lowest BCUT2D eigenvalue weighted by molar-refractivity contribution is -0.175. The highest BCUT2D eigenvalue weighted by atomic mass is 16.7. The maximum Gasteiger partial charge on any atom is 0.281 e. The van der Waals surface area contributed by atoms with Crippen LogP contribution in [0.25, 0.3) is 0 Å². The molecular formula is C22H22N2O6. The number of benzene rings is 2. The van der Waals surface area contributed by atoms with Crippen molar-refractivity contribution in [1.29, 1.82) is 0 Å². The molecule has 2 aromatic rings. The Morgan fingerprint density at radius 1 is 0.700 bits per heavy atom. The van der Waals surface area contributed by atoms with Gasteiger partial charge < -0.3 is 28.7 Å². The molecule has 8 heteroatoms. The molecule has 4 atom stereocenters. The molecule has 8 nitrogen and oxygen atoms in total. The van der Waals surface area contributed by atoms with Crippen LogP contribution in [0.1, 0.15) is 23.3 Å². The lowest BCUT2D eigenvalue weighted by Gasteiger charge is -2.39. The Kier molecular flexibility index (Phi) is 3.90. The normalized spacial score (nSPS) is 32.0. The van der Waals surface area contributed by atoms with Gasteiger partial charge in [0.2, 0.25) is 0 Å². The molecule has 0 N–H and O–H groups in total. The lowest BCUT2D eigenvalue weighted by Crippen LogP contribution is -2.67. The van der Waals surface area contributed by atoms with Crippen molar-refractivity contribution in [3.63, 3.8) is 0 Å². The molecule has 0 radical (unpaired) electrons. The van der Waals surface area contributed by atoms with E-state index >= 15 is 0 Å². The van der Waals surface area contributed by atoms with Crippen LogP contribution in [0, 0.1) is 0 Å². The Balaban J connectivity index is 1.43. The highest BCUT2D eigenvalue weighted by Gasteiger charge is 2.81. The second-order valence-electron chi connectivity index (χ2n) is 7.66. The predicted molar refractivity (Wildman–Crippen MR) is 105 cm³/mol. The SMILES string of the molecule is COc1ccc([C@H]2O[C@]23C(=O)N(C)[C@@]2(O[C@H]2c2ccc(OC)cc2)C(=O)N3C)cc1. The minimum atomic E-state index is -1.35. The van der Waals surface area contributed by atoms with Crippen LogP contribution in [-0.4, -0.2) is 61.4 Å². The van der Waals surface area contributed by atoms with Gasteiger partial charge >= 0.3 is 0 Å². The molecule has 156 valence electrons. The van der Waals surface area contributed by atoms with Crippen molar-refractivity contribution in [3.8, 4) is 11.5 Å². The third-order valence-electron chi connectivity index (χ3n) is 6.25. The molecule has 30 heavy (non-hydrogen) atoms. The van der Waals surface area contributed by atoms with Crippen LogP contribution in [0.15, 0.2) is 48.5 Å². The van der Waals surface area contributed by atoms with E-state index in [0.29, 0.717) is 11.5 Å². The highest BCUT2D eigenvalue weighted by molar-refractivity contribution is 6.04. The smallest absolute Gasteiger partial charge is 0.281 e. The Bertz CT molecular complexity index is 939. The summed E-state index contributed by atoms with van der Waals surface area (Å²) in [7, 11) is 6.35. The molecule has 0 aromatic heterocycles. The second kappa shape index (κ2) is 6.20. The topological polar surface area (TPSA) is 84.1 Å². The Hall–Kier alpha value is -3.10. The zero-order chi connectivity index (χ0) is 21.3. The minimum absolute atomic E-state index is 0.304. The van der Waals surface area contributed by atoms with Crippen LogP contribution in [0.4, 0.5) is 0 Å². The number of hydrogen-bond acceptors (Lipinski definition) is 6. The quantitative estimate of drug-likeness (QED) is 0.716. The van der Waals surface area contributed by atoms with Crippen LogP contribution in [0.2, 0.25) is 0 Å². The summed E-state index contributed by atoms with van der Waals surface area (Å²) in [6, 6.07) is 14.5. The molecule has 3 heterocycles. The summed E-state index contributed by atoms with van der Waals surface area (Å²) in [5, 5.41) is 0. The number of ether oxygens (including phenoxy) is 4. The van der Waals surface area contributed by atoms with Gasteiger partial charge in [0.05, 0.1) is 14.2 Å². The number of hydrogen-bond donors (Lipinski definition) is 0. The average Bonchev–Trinajstić information content (AvgIpc) is 3.70. The maximum atomic E-state index is 13.4. The van der Waals surface area contributed by atoms with Crippen molar-refractivity contribution in [2.45, 2.75) is 23.7 Å². The first-order chi connectivity index (χ1) is 14.4. The molecule has 0 saturated carbocycles. The first-order valence-corrected chi connectivity index (χ1v) is 9.60. The van der Waals surface area contributed by atoms with Gasteiger partial charge in [-0.3, -0.25) is 9.59 Å². The summed E-state index contributed by atoms with van der Waals surface area (Å²) in [5.74, 6) is 0.804. The van der Waals surface area contributed by atoms with Crippen LogP contribution in [0.3, 0.4) is 0 Å². The van der Waals surface area contributed by atoms with Gasteiger partial charge in [0.1, 0.15) is 23.7 Å². The summed E-state index contributed by atoms with van der Waals surface area (Å²) in [6.45, 7) is 0. The summed E-state index contributed by atoms with van der Waals surface area (Å²) in [4.78, 5) is 29.5. The van der Waals surface area contributed by atoms with E-state index in [-0.39, 0.29) is 11.8 Å². The standard InChI is InChI=1S/C22H22N2O6/c1-23-19(25)22(18(30-22)14-7-11-16(28-4)12-8-14)24(2)20(26)21(23)17(29-21)13-5-9-15(27-3)10-6-13/h5-12,17-18H,1-4H3/t17-,18+,21-,22-/m0/s1. The zero-order valence-corrected chi connectivity index (χ0v) is 17.1. The summed E-state index contributed by atoms with van der Waals surface area (Å²) in [5.41, 5.74) is -1.09. The van der Waals surface area contributed by atoms with Crippen molar-refractivity contribution in [2.24, 2.45) is 0 Å². The number of epoxide rings is 2. The lowest BCUT2D eigenvalue weighted by atomic mass is 9.95. The summed E-state index contributed by atoms with van der Waals surface area (Å²) in [6.07, 6.45) is -1.08. The molecule has 3 saturated heterocycles. The number of nitrogens with zero attached hydrogens (tertiary/aromatic N) is 2. The van der Waals surface area contributed by atoms with E-state index in [4.69, 9.17) is 18.9 Å². The van der Waals surface area contributed by atoms with Gasteiger partial charge in [0, 0.05) is 14.1 Å². The molecule has 5 rings (SSSR count). The van der Waals surface area contributed by atoms with Gasteiger partial charge in [-0.05, 0) is 35.4 Å². The van der Waals surface area contributed by atoms with Gasteiger partial charge in [-0.1, -0.05) is 24.3 Å². The summed E-state index contributed by atoms with van der Waals surface area (Å²) < 4.78 is 22.1. The largest absolute Gasteiger partial charge is 0.497 e. The molecule has 3 aliphatic rings. The van der Waals surface area contributed by atoms with E-state index in [2.05, 4.69) is 0 Å². The molecule has 0 unspecified atom stereocenters. The van der Waals surface area contributed by atoms with E-state index in [1.807, 2.05) is 24.3 Å². The number of amides is 2. The predicted octanol–water partition coefficient (Wildman–Crippen LogP) is 1.87. The van der Waals surface area contributed by atoms with Gasteiger partial charge in [-0.25, -0.2) is 0 Å². The van der Waals surface area contributed by atoms with E-state index in [1.54, 1.807) is 52.6 Å². The maximum absolute atomic E-state index is 13.4. The van der Waals surface area contributed by atoms with Crippen molar-refractivity contribution in [2.75, 3.05) is 28.3 Å². The van der Waals surface area contributed by atoms with Crippen molar-refractivity contribution in [3.05, 3.63) is 59.7 Å². The summed E-state index contributed by atoms with van der Waals surface area (Å²) >= 11 is 0. The average molecular weight is 410 g/mol. The van der Waals surface area contributed by atoms with E-state index in [0.717, 1.165) is 11.1 Å². The van der Waals surface area contributed by atoms with Crippen LogP contribution < -0.4 is 9.47 Å². The number of rotatable bonds is 4. The number of likely N-dealkylation sites (N-methyl/N-ethyl adjacent to an activating group) is 2. The molecule has 3 aliphatic heterocycles. The Labute approximate surface area is 173 Å². The third kappa shape index (κ3) is 2.28. The number of piperazine rings is 1. The molecular weight excluding hydrogens is 388 g/mol. The van der Waals surface area contributed by atoms with E-state index in [1.165, 1.54) is 9.80 Å². The minimum Gasteiger partial charge on any atom is -0.497 e. The number of carbonyl (C=O) groups is 2. The first-order valence-electron chi connectivity index (χ1n) is 9.60.